The SMILES string of the molecule is Nc1nc(N)c2c(Cn3c4ccccc4c4ccccc43)csc2n1. The molecule has 0 spiro atoms. The Morgan fingerprint density at radius 3 is 2.20 bits per heavy atom. The number of fused-ring (bicyclic) bond motifs is 4. The van der Waals surface area contributed by atoms with Crippen LogP contribution in [-0.4, -0.2) is 14.5 Å². The maximum atomic E-state index is 6.12. The summed E-state index contributed by atoms with van der Waals surface area (Å²) in [6, 6.07) is 16.9. The number of nitrogens with zero attached hydrogens (tertiary/aromatic N) is 3. The molecule has 0 amide bonds. The van der Waals surface area contributed by atoms with Gasteiger partial charge in [-0.25, -0.2) is 4.98 Å². The van der Waals surface area contributed by atoms with E-state index in [0.29, 0.717) is 12.4 Å². The van der Waals surface area contributed by atoms with E-state index in [1.165, 1.54) is 21.8 Å². The Bertz CT molecular complexity index is 1200. The van der Waals surface area contributed by atoms with E-state index in [1.54, 1.807) is 11.3 Å². The Labute approximate surface area is 147 Å². The van der Waals surface area contributed by atoms with E-state index < -0.39 is 0 Å². The van der Waals surface area contributed by atoms with Gasteiger partial charge in [0.25, 0.3) is 0 Å². The number of nitrogen functional groups attached to an aromatic ring is 2. The van der Waals surface area contributed by atoms with Crippen molar-refractivity contribution in [2.24, 2.45) is 0 Å². The van der Waals surface area contributed by atoms with Crippen LogP contribution in [-0.2, 0) is 6.54 Å². The van der Waals surface area contributed by atoms with Crippen LogP contribution in [0.4, 0.5) is 11.8 Å². The Hall–Kier alpha value is -3.12. The molecule has 5 rings (SSSR count). The Balaban J connectivity index is 1.77. The van der Waals surface area contributed by atoms with Gasteiger partial charge in [-0.3, -0.25) is 0 Å². The Morgan fingerprint density at radius 2 is 1.52 bits per heavy atom. The van der Waals surface area contributed by atoms with Crippen molar-refractivity contribution >= 4 is 55.1 Å². The summed E-state index contributed by atoms with van der Waals surface area (Å²) in [7, 11) is 0. The molecular weight excluding hydrogens is 330 g/mol. The molecule has 0 unspecified atom stereocenters. The van der Waals surface area contributed by atoms with Gasteiger partial charge >= 0.3 is 0 Å². The summed E-state index contributed by atoms with van der Waals surface area (Å²) in [4.78, 5) is 9.27. The molecule has 3 aromatic heterocycles. The third-order valence-electron chi connectivity index (χ3n) is 4.56. The summed E-state index contributed by atoms with van der Waals surface area (Å²) >= 11 is 1.55. The molecule has 5 nitrogen and oxygen atoms in total. The Kier molecular flexibility index (Phi) is 2.96. The largest absolute Gasteiger partial charge is 0.383 e. The van der Waals surface area contributed by atoms with E-state index in [2.05, 4.69) is 68.4 Å². The number of anilines is 2. The van der Waals surface area contributed by atoms with Crippen LogP contribution in [0.25, 0.3) is 32.0 Å². The third-order valence-corrected chi connectivity index (χ3v) is 5.48. The highest BCUT2D eigenvalue weighted by molar-refractivity contribution is 7.17. The van der Waals surface area contributed by atoms with Gasteiger partial charge < -0.3 is 16.0 Å². The van der Waals surface area contributed by atoms with E-state index in [0.717, 1.165) is 15.8 Å². The fourth-order valence-electron chi connectivity index (χ4n) is 3.51. The molecule has 0 saturated heterocycles. The van der Waals surface area contributed by atoms with Crippen LogP contribution < -0.4 is 11.5 Å². The molecular formula is C19H15N5S. The van der Waals surface area contributed by atoms with Crippen molar-refractivity contribution in [3.63, 3.8) is 0 Å². The number of thiophene rings is 1. The molecule has 0 bridgehead atoms. The average molecular weight is 345 g/mol. The van der Waals surface area contributed by atoms with Crippen LogP contribution in [0.2, 0.25) is 0 Å². The zero-order chi connectivity index (χ0) is 17.0. The topological polar surface area (TPSA) is 82.7 Å². The van der Waals surface area contributed by atoms with E-state index >= 15 is 0 Å². The second-order valence-electron chi connectivity index (χ2n) is 6.03. The van der Waals surface area contributed by atoms with E-state index in [1.807, 2.05) is 0 Å². The number of para-hydroxylation sites is 2. The first-order chi connectivity index (χ1) is 12.2. The fraction of sp³-hybridized carbons (Fsp3) is 0.0526. The first-order valence-corrected chi connectivity index (χ1v) is 8.85. The summed E-state index contributed by atoms with van der Waals surface area (Å²) in [5, 5.41) is 5.51. The van der Waals surface area contributed by atoms with Gasteiger partial charge in [0.1, 0.15) is 10.6 Å². The average Bonchev–Trinajstić information content (AvgIpc) is 3.16. The monoisotopic (exact) mass is 345 g/mol. The maximum absolute atomic E-state index is 6.12. The number of nitrogens with two attached hydrogens (primary N) is 2. The molecule has 5 aromatic rings. The lowest BCUT2D eigenvalue weighted by Crippen LogP contribution is -2.02. The summed E-state index contributed by atoms with van der Waals surface area (Å²) in [5.74, 6) is 0.662. The van der Waals surface area contributed by atoms with E-state index in [4.69, 9.17) is 11.5 Å². The summed E-state index contributed by atoms with van der Waals surface area (Å²) < 4.78 is 2.32. The van der Waals surface area contributed by atoms with Crippen LogP contribution in [0.1, 0.15) is 5.56 Å². The molecule has 0 saturated carbocycles. The van der Waals surface area contributed by atoms with Crippen LogP contribution in [0.3, 0.4) is 0 Å². The first kappa shape index (κ1) is 14.2. The van der Waals surface area contributed by atoms with Crippen molar-refractivity contribution in [1.29, 1.82) is 0 Å². The highest BCUT2D eigenvalue weighted by atomic mass is 32.1. The molecule has 2 aromatic carbocycles. The zero-order valence-electron chi connectivity index (χ0n) is 13.3. The van der Waals surface area contributed by atoms with Crippen molar-refractivity contribution in [3.05, 3.63) is 59.5 Å². The van der Waals surface area contributed by atoms with Gasteiger partial charge in [-0.05, 0) is 23.1 Å². The van der Waals surface area contributed by atoms with Gasteiger partial charge in [-0.2, -0.15) is 4.98 Å². The van der Waals surface area contributed by atoms with Crippen LogP contribution in [0, 0.1) is 0 Å². The number of aromatic nitrogens is 3. The molecule has 25 heavy (non-hydrogen) atoms. The van der Waals surface area contributed by atoms with Crippen molar-refractivity contribution < 1.29 is 0 Å². The van der Waals surface area contributed by atoms with E-state index in [-0.39, 0.29) is 5.95 Å². The molecule has 0 fully saturated rings. The lowest BCUT2D eigenvalue weighted by molar-refractivity contribution is 0.879. The molecule has 6 heteroatoms. The fourth-order valence-corrected chi connectivity index (χ4v) is 4.45. The minimum absolute atomic E-state index is 0.218. The van der Waals surface area contributed by atoms with Gasteiger partial charge in [0.05, 0.1) is 5.39 Å². The Morgan fingerprint density at radius 1 is 0.880 bits per heavy atom. The second-order valence-corrected chi connectivity index (χ2v) is 6.89. The smallest absolute Gasteiger partial charge is 0.223 e. The highest BCUT2D eigenvalue weighted by Gasteiger charge is 2.15. The zero-order valence-corrected chi connectivity index (χ0v) is 14.1. The predicted octanol–water partition coefficient (Wildman–Crippen LogP) is 4.01. The molecule has 3 heterocycles. The maximum Gasteiger partial charge on any atom is 0.223 e. The standard InChI is InChI=1S/C19H15N5S/c20-17-16-11(10-25-18(16)23-19(21)22-17)9-24-14-7-3-1-5-12(14)13-6-2-4-8-15(13)24/h1-8,10H,9H2,(H4,20,21,22,23). The summed E-state index contributed by atoms with van der Waals surface area (Å²) in [6.45, 7) is 0.714. The van der Waals surface area contributed by atoms with Crippen LogP contribution in [0.15, 0.2) is 53.9 Å². The minimum atomic E-state index is 0.218. The molecule has 0 aliphatic rings. The molecule has 0 atom stereocenters. The number of rotatable bonds is 2. The molecule has 4 N–H and O–H groups in total. The molecule has 0 aliphatic heterocycles. The molecule has 0 radical (unpaired) electrons. The van der Waals surface area contributed by atoms with Crippen molar-refractivity contribution in [3.8, 4) is 0 Å². The van der Waals surface area contributed by atoms with Crippen LogP contribution in [0.5, 0.6) is 0 Å². The van der Waals surface area contributed by atoms with E-state index in [9.17, 15) is 0 Å². The van der Waals surface area contributed by atoms with Crippen molar-refractivity contribution in [2.45, 2.75) is 6.54 Å². The number of hydrogen-bond acceptors (Lipinski definition) is 5. The lowest BCUT2D eigenvalue weighted by Gasteiger charge is -2.08. The lowest BCUT2D eigenvalue weighted by atomic mass is 10.2. The van der Waals surface area contributed by atoms with Gasteiger partial charge in [-0.15, -0.1) is 11.3 Å². The second kappa shape index (κ2) is 5.19. The minimum Gasteiger partial charge on any atom is -0.383 e. The highest BCUT2D eigenvalue weighted by Crippen LogP contribution is 2.33. The van der Waals surface area contributed by atoms with Crippen molar-refractivity contribution in [1.82, 2.24) is 14.5 Å². The summed E-state index contributed by atoms with van der Waals surface area (Å²) in [6.07, 6.45) is 0. The molecule has 122 valence electrons. The van der Waals surface area contributed by atoms with Gasteiger partial charge in [0.2, 0.25) is 5.95 Å². The van der Waals surface area contributed by atoms with Gasteiger partial charge in [-0.1, -0.05) is 36.4 Å². The van der Waals surface area contributed by atoms with Crippen molar-refractivity contribution in [2.75, 3.05) is 11.5 Å². The van der Waals surface area contributed by atoms with Crippen LogP contribution >= 0.6 is 11.3 Å². The first-order valence-electron chi connectivity index (χ1n) is 7.97. The third kappa shape index (κ3) is 2.08. The van der Waals surface area contributed by atoms with Gasteiger partial charge in [0, 0.05) is 28.4 Å². The number of hydrogen-bond donors (Lipinski definition) is 2. The van der Waals surface area contributed by atoms with Gasteiger partial charge in [0.15, 0.2) is 0 Å². The quantitative estimate of drug-likeness (QED) is 0.506. The summed E-state index contributed by atoms with van der Waals surface area (Å²) in [5.41, 5.74) is 15.4. The normalized spacial score (nSPS) is 11.7. The number of benzene rings is 2. The molecule has 0 aliphatic carbocycles. The predicted molar refractivity (Wildman–Crippen MR) is 105 cm³/mol.